The van der Waals surface area contributed by atoms with Crippen LogP contribution in [0.1, 0.15) is 62.9 Å². The van der Waals surface area contributed by atoms with E-state index in [1.54, 1.807) is 0 Å². The normalized spacial score (nSPS) is 16.3. The maximum absolute atomic E-state index is 6.34. The summed E-state index contributed by atoms with van der Waals surface area (Å²) in [6.45, 7) is 3.28. The lowest BCUT2D eigenvalue weighted by Crippen LogP contribution is -2.10. The van der Waals surface area contributed by atoms with Gasteiger partial charge in [-0.15, -0.1) is 0 Å². The van der Waals surface area contributed by atoms with Crippen LogP contribution >= 0.6 is 11.8 Å². The maximum atomic E-state index is 6.34. The van der Waals surface area contributed by atoms with Crippen molar-refractivity contribution >= 4 is 17.6 Å². The first kappa shape index (κ1) is 14.8. The fourth-order valence-electron chi connectivity index (χ4n) is 2.96. The minimum atomic E-state index is 0.655. The summed E-state index contributed by atoms with van der Waals surface area (Å²) in [6, 6.07) is 0. The van der Waals surface area contributed by atoms with Crippen molar-refractivity contribution in [2.75, 3.05) is 17.7 Å². The molecule has 0 radical (unpaired) electrons. The van der Waals surface area contributed by atoms with Gasteiger partial charge in [0.15, 0.2) is 0 Å². The van der Waals surface area contributed by atoms with Crippen molar-refractivity contribution in [1.82, 2.24) is 9.55 Å². The number of hydrogen-bond donors (Lipinski definition) is 1. The molecule has 0 bridgehead atoms. The highest BCUT2D eigenvalue weighted by atomic mass is 32.2. The van der Waals surface area contributed by atoms with Crippen LogP contribution in [0.4, 0.5) is 5.82 Å². The molecule has 108 valence electrons. The molecule has 0 aromatic carbocycles. The molecule has 19 heavy (non-hydrogen) atoms. The van der Waals surface area contributed by atoms with Crippen molar-refractivity contribution in [3.63, 3.8) is 0 Å². The maximum Gasteiger partial charge on any atom is 0.126 e. The van der Waals surface area contributed by atoms with Crippen LogP contribution in [-0.2, 0) is 13.0 Å². The van der Waals surface area contributed by atoms with E-state index in [1.807, 2.05) is 11.8 Å². The quantitative estimate of drug-likeness (QED) is 0.826. The van der Waals surface area contributed by atoms with Gasteiger partial charge in [-0.3, -0.25) is 0 Å². The molecule has 0 unspecified atom stereocenters. The van der Waals surface area contributed by atoms with E-state index in [2.05, 4.69) is 17.7 Å². The standard InChI is InChI=1S/C15H27N3S/c1-3-4-10-18-14(16)13(9-11-19-2)17-15(18)12-7-5-6-8-12/h12H,3-11,16H2,1-2H3. The summed E-state index contributed by atoms with van der Waals surface area (Å²) in [5.74, 6) is 3.98. The largest absolute Gasteiger partial charge is 0.384 e. The van der Waals surface area contributed by atoms with Gasteiger partial charge in [-0.2, -0.15) is 11.8 Å². The van der Waals surface area contributed by atoms with E-state index in [9.17, 15) is 0 Å². The molecule has 0 saturated heterocycles. The number of rotatable bonds is 7. The van der Waals surface area contributed by atoms with Gasteiger partial charge in [-0.05, 0) is 31.3 Å². The summed E-state index contributed by atoms with van der Waals surface area (Å²) < 4.78 is 2.31. The third kappa shape index (κ3) is 3.47. The summed E-state index contributed by atoms with van der Waals surface area (Å²) in [6.07, 6.45) is 10.9. The Morgan fingerprint density at radius 1 is 1.37 bits per heavy atom. The average Bonchev–Trinajstić information content (AvgIpc) is 3.03. The van der Waals surface area contributed by atoms with Gasteiger partial charge in [0.05, 0.1) is 5.69 Å². The van der Waals surface area contributed by atoms with Crippen LogP contribution in [0.15, 0.2) is 0 Å². The summed E-state index contributed by atoms with van der Waals surface area (Å²) in [4.78, 5) is 4.91. The lowest BCUT2D eigenvalue weighted by atomic mass is 10.1. The van der Waals surface area contributed by atoms with Gasteiger partial charge in [0.2, 0.25) is 0 Å². The van der Waals surface area contributed by atoms with Gasteiger partial charge in [-0.1, -0.05) is 26.2 Å². The number of anilines is 1. The lowest BCUT2D eigenvalue weighted by molar-refractivity contribution is 0.561. The van der Waals surface area contributed by atoms with Crippen LogP contribution in [-0.4, -0.2) is 21.6 Å². The predicted molar refractivity (Wildman–Crippen MR) is 84.8 cm³/mol. The van der Waals surface area contributed by atoms with E-state index in [1.165, 1.54) is 44.3 Å². The van der Waals surface area contributed by atoms with Crippen LogP contribution < -0.4 is 5.73 Å². The van der Waals surface area contributed by atoms with Gasteiger partial charge in [0, 0.05) is 18.9 Å². The molecule has 1 aliphatic rings. The van der Waals surface area contributed by atoms with Crippen molar-refractivity contribution < 1.29 is 0 Å². The minimum absolute atomic E-state index is 0.655. The van der Waals surface area contributed by atoms with Crippen molar-refractivity contribution in [2.24, 2.45) is 0 Å². The molecule has 1 heterocycles. The number of aromatic nitrogens is 2. The number of thioether (sulfide) groups is 1. The Morgan fingerprint density at radius 2 is 2.11 bits per heavy atom. The van der Waals surface area contributed by atoms with Gasteiger partial charge < -0.3 is 10.3 Å². The molecule has 4 heteroatoms. The van der Waals surface area contributed by atoms with E-state index in [-0.39, 0.29) is 0 Å². The number of imidazole rings is 1. The predicted octanol–water partition coefficient (Wildman–Crippen LogP) is 3.83. The third-order valence-electron chi connectivity index (χ3n) is 4.11. The monoisotopic (exact) mass is 281 g/mol. The molecule has 0 amide bonds. The Bertz CT molecular complexity index is 394. The summed E-state index contributed by atoms with van der Waals surface area (Å²) in [5, 5.41) is 0. The third-order valence-corrected chi connectivity index (χ3v) is 4.72. The van der Waals surface area contributed by atoms with E-state index >= 15 is 0 Å². The van der Waals surface area contributed by atoms with Crippen molar-refractivity contribution in [1.29, 1.82) is 0 Å². The van der Waals surface area contributed by atoms with Crippen LogP contribution in [0.2, 0.25) is 0 Å². The lowest BCUT2D eigenvalue weighted by Gasteiger charge is -2.13. The van der Waals surface area contributed by atoms with E-state index in [4.69, 9.17) is 10.7 Å². The molecule has 1 fully saturated rings. The summed E-state index contributed by atoms with van der Waals surface area (Å²) in [7, 11) is 0. The average molecular weight is 281 g/mol. The molecular formula is C15H27N3S. The number of nitrogens with two attached hydrogens (primary N) is 1. The highest BCUT2D eigenvalue weighted by molar-refractivity contribution is 7.98. The molecular weight excluding hydrogens is 254 g/mol. The highest BCUT2D eigenvalue weighted by Gasteiger charge is 2.24. The zero-order valence-corrected chi connectivity index (χ0v) is 13.1. The second-order valence-electron chi connectivity index (χ2n) is 5.53. The SMILES string of the molecule is CCCCn1c(C2CCCC2)nc(CCSC)c1N. The van der Waals surface area contributed by atoms with Crippen LogP contribution in [0.5, 0.6) is 0 Å². The summed E-state index contributed by atoms with van der Waals surface area (Å²) in [5.41, 5.74) is 7.48. The number of nitrogen functional groups attached to an aromatic ring is 1. The Hall–Kier alpha value is -0.640. The Morgan fingerprint density at radius 3 is 2.74 bits per heavy atom. The molecule has 1 aromatic heterocycles. The molecule has 1 aliphatic carbocycles. The van der Waals surface area contributed by atoms with Crippen molar-refractivity contribution in [3.05, 3.63) is 11.5 Å². The molecule has 2 rings (SSSR count). The Labute approximate surface area is 121 Å². The van der Waals surface area contributed by atoms with E-state index in [0.29, 0.717) is 5.92 Å². The van der Waals surface area contributed by atoms with Gasteiger partial charge in [0.1, 0.15) is 11.6 Å². The number of nitrogens with zero attached hydrogens (tertiary/aromatic N) is 2. The van der Waals surface area contributed by atoms with Gasteiger partial charge in [0.25, 0.3) is 0 Å². The summed E-state index contributed by atoms with van der Waals surface area (Å²) >= 11 is 1.87. The van der Waals surface area contributed by atoms with Crippen molar-refractivity contribution in [3.8, 4) is 0 Å². The first-order valence-corrected chi connectivity index (χ1v) is 9.01. The zero-order valence-electron chi connectivity index (χ0n) is 12.3. The molecule has 3 nitrogen and oxygen atoms in total. The highest BCUT2D eigenvalue weighted by Crippen LogP contribution is 2.35. The number of aryl methyl sites for hydroxylation is 1. The smallest absolute Gasteiger partial charge is 0.126 e. The number of unbranched alkanes of at least 4 members (excludes halogenated alkanes) is 1. The van der Waals surface area contributed by atoms with Crippen molar-refractivity contribution in [2.45, 2.75) is 64.3 Å². The minimum Gasteiger partial charge on any atom is -0.384 e. The molecule has 0 aliphatic heterocycles. The first-order valence-electron chi connectivity index (χ1n) is 7.61. The molecule has 1 aromatic rings. The van der Waals surface area contributed by atoms with Gasteiger partial charge in [-0.25, -0.2) is 4.98 Å². The van der Waals surface area contributed by atoms with Gasteiger partial charge >= 0.3 is 0 Å². The Kier molecular flexibility index (Phi) is 5.61. The number of hydrogen-bond acceptors (Lipinski definition) is 3. The first-order chi connectivity index (χ1) is 9.27. The topological polar surface area (TPSA) is 43.8 Å². The van der Waals surface area contributed by atoms with E-state index in [0.717, 1.165) is 30.2 Å². The fourth-order valence-corrected chi connectivity index (χ4v) is 3.36. The molecule has 2 N–H and O–H groups in total. The Balaban J connectivity index is 2.21. The van der Waals surface area contributed by atoms with E-state index < -0.39 is 0 Å². The second kappa shape index (κ2) is 7.22. The second-order valence-corrected chi connectivity index (χ2v) is 6.52. The molecule has 0 atom stereocenters. The fraction of sp³-hybridized carbons (Fsp3) is 0.800. The molecule has 1 saturated carbocycles. The molecule has 0 spiro atoms. The van der Waals surface area contributed by atoms with Crippen LogP contribution in [0, 0.1) is 0 Å². The van der Waals surface area contributed by atoms with Crippen LogP contribution in [0.25, 0.3) is 0 Å². The van der Waals surface area contributed by atoms with Crippen LogP contribution in [0.3, 0.4) is 0 Å². The zero-order chi connectivity index (χ0) is 13.7.